The first kappa shape index (κ1) is 20.4. The van der Waals surface area contributed by atoms with Crippen molar-refractivity contribution < 1.29 is 14.1 Å². The maximum Gasteiger partial charge on any atom is 0.336 e. The van der Waals surface area contributed by atoms with Crippen LogP contribution in [0.25, 0.3) is 33.1 Å². The highest BCUT2D eigenvalue weighted by Gasteiger charge is 2.20. The maximum atomic E-state index is 11.9. The Balaban J connectivity index is 1.49. The molecule has 3 aromatic carbocycles. The Labute approximate surface area is 188 Å². The smallest absolute Gasteiger partial charge is 0.336 e. The molecule has 0 atom stereocenters. The van der Waals surface area contributed by atoms with Crippen molar-refractivity contribution in [3.05, 3.63) is 111 Å². The van der Waals surface area contributed by atoms with Gasteiger partial charge in [0.2, 0.25) is 0 Å². The molecule has 5 rings (SSSR count). The van der Waals surface area contributed by atoms with Crippen molar-refractivity contribution in [1.82, 2.24) is 4.98 Å². The third-order valence-corrected chi connectivity index (χ3v) is 5.50. The summed E-state index contributed by atoms with van der Waals surface area (Å²) in [6.45, 7) is 1.81. The second-order valence-electron chi connectivity index (χ2n) is 7.65. The zero-order valence-electron chi connectivity index (χ0n) is 17.6. The van der Waals surface area contributed by atoms with Crippen molar-refractivity contribution >= 4 is 27.6 Å². The Morgan fingerprint density at radius 1 is 0.970 bits per heavy atom. The summed E-state index contributed by atoms with van der Waals surface area (Å²) in [5, 5.41) is 13.2. The van der Waals surface area contributed by atoms with Crippen molar-refractivity contribution in [3.63, 3.8) is 0 Å². The van der Waals surface area contributed by atoms with E-state index in [0.29, 0.717) is 27.8 Å². The van der Waals surface area contributed by atoms with E-state index in [1.54, 1.807) is 42.5 Å². The number of aromatic nitrogens is 1. The summed E-state index contributed by atoms with van der Waals surface area (Å²) in [5.41, 5.74) is 3.38. The first-order valence-electron chi connectivity index (χ1n) is 10.3. The fraction of sp³-hybridized carbons (Fsp3) is 0.0769. The number of pyridine rings is 1. The molecule has 2 heterocycles. The number of rotatable bonds is 5. The second kappa shape index (κ2) is 8.20. The molecule has 33 heavy (non-hydrogen) atoms. The number of nitro benzene ring substituents is 1. The van der Waals surface area contributed by atoms with Crippen LogP contribution in [0.3, 0.4) is 0 Å². The SMILES string of the molecule is Cc1cc(=O)oc2cc(OCc3ccc4nc(-c5ccccc5)ccc4c3[N+](=O)[O-])ccc12. The lowest BCUT2D eigenvalue weighted by molar-refractivity contribution is -0.384. The second-order valence-corrected chi connectivity index (χ2v) is 7.65. The summed E-state index contributed by atoms with van der Waals surface area (Å²) in [6.07, 6.45) is 0. The Bertz CT molecular complexity index is 1580. The van der Waals surface area contributed by atoms with Crippen LogP contribution in [0.15, 0.2) is 88.1 Å². The largest absolute Gasteiger partial charge is 0.489 e. The molecule has 0 spiro atoms. The molecule has 7 nitrogen and oxygen atoms in total. The highest BCUT2D eigenvalue weighted by molar-refractivity contribution is 5.91. The van der Waals surface area contributed by atoms with Gasteiger partial charge in [0.05, 0.1) is 27.1 Å². The van der Waals surface area contributed by atoms with Gasteiger partial charge in [-0.05, 0) is 48.9 Å². The van der Waals surface area contributed by atoms with E-state index in [0.717, 1.165) is 22.2 Å². The summed E-state index contributed by atoms with van der Waals surface area (Å²) in [6, 6.07) is 23.2. The Morgan fingerprint density at radius 2 is 1.76 bits per heavy atom. The van der Waals surface area contributed by atoms with Gasteiger partial charge in [0.25, 0.3) is 5.69 Å². The van der Waals surface area contributed by atoms with E-state index in [1.807, 2.05) is 37.3 Å². The number of aryl methyl sites for hydroxylation is 1. The molecule has 5 aromatic rings. The first-order valence-corrected chi connectivity index (χ1v) is 10.3. The molecule has 0 amide bonds. The molecular formula is C26H18N2O5. The molecule has 0 aliphatic rings. The molecule has 0 fully saturated rings. The third-order valence-electron chi connectivity index (χ3n) is 5.50. The molecule has 2 aromatic heterocycles. The minimum Gasteiger partial charge on any atom is -0.489 e. The van der Waals surface area contributed by atoms with E-state index in [1.165, 1.54) is 6.07 Å². The maximum absolute atomic E-state index is 11.9. The van der Waals surface area contributed by atoms with E-state index >= 15 is 0 Å². The molecule has 0 bridgehead atoms. The molecule has 0 saturated carbocycles. The molecular weight excluding hydrogens is 420 g/mol. The molecule has 162 valence electrons. The average molecular weight is 438 g/mol. The third kappa shape index (κ3) is 3.92. The number of nitrogens with zero attached hydrogens (tertiary/aromatic N) is 2. The zero-order chi connectivity index (χ0) is 22.9. The predicted molar refractivity (Wildman–Crippen MR) is 125 cm³/mol. The minimum absolute atomic E-state index is 0.0196. The standard InChI is InChI=1S/C26H18N2O5/c1-16-13-25(29)33-24-14-19(8-9-20(16)24)32-15-18-7-11-23-21(26(18)28(30)31)10-12-22(27-23)17-5-3-2-4-6-17/h2-14H,15H2,1H3. The number of hydrogen-bond donors (Lipinski definition) is 0. The average Bonchev–Trinajstić information content (AvgIpc) is 2.82. The van der Waals surface area contributed by atoms with Crippen molar-refractivity contribution in [2.75, 3.05) is 0 Å². The molecule has 0 saturated heterocycles. The van der Waals surface area contributed by atoms with Crippen molar-refractivity contribution in [1.29, 1.82) is 0 Å². The predicted octanol–water partition coefficient (Wildman–Crippen LogP) is 5.80. The van der Waals surface area contributed by atoms with Gasteiger partial charge >= 0.3 is 5.63 Å². The van der Waals surface area contributed by atoms with Crippen LogP contribution in [-0.2, 0) is 6.61 Å². The fourth-order valence-electron chi connectivity index (χ4n) is 3.89. The lowest BCUT2D eigenvalue weighted by atomic mass is 10.1. The first-order chi connectivity index (χ1) is 16.0. The van der Waals surface area contributed by atoms with Gasteiger partial charge in [-0.15, -0.1) is 0 Å². The van der Waals surface area contributed by atoms with Crippen LogP contribution in [-0.4, -0.2) is 9.91 Å². The highest BCUT2D eigenvalue weighted by Crippen LogP contribution is 2.32. The zero-order valence-corrected chi connectivity index (χ0v) is 17.6. The number of ether oxygens (including phenoxy) is 1. The van der Waals surface area contributed by atoms with E-state index in [-0.39, 0.29) is 12.3 Å². The van der Waals surface area contributed by atoms with Crippen LogP contribution >= 0.6 is 0 Å². The number of fused-ring (bicyclic) bond motifs is 2. The summed E-state index contributed by atoms with van der Waals surface area (Å²) in [7, 11) is 0. The normalized spacial score (nSPS) is 11.1. The summed E-state index contributed by atoms with van der Waals surface area (Å²) < 4.78 is 11.1. The van der Waals surface area contributed by atoms with Crippen LogP contribution in [0.4, 0.5) is 5.69 Å². The topological polar surface area (TPSA) is 95.5 Å². The molecule has 0 aliphatic heterocycles. The van der Waals surface area contributed by atoms with Crippen LogP contribution < -0.4 is 10.4 Å². The van der Waals surface area contributed by atoms with Crippen LogP contribution in [0.2, 0.25) is 0 Å². The van der Waals surface area contributed by atoms with Gasteiger partial charge in [0.1, 0.15) is 17.9 Å². The van der Waals surface area contributed by atoms with Crippen LogP contribution in [0, 0.1) is 17.0 Å². The Morgan fingerprint density at radius 3 is 2.55 bits per heavy atom. The number of benzene rings is 3. The molecule has 0 radical (unpaired) electrons. The van der Waals surface area contributed by atoms with Crippen molar-refractivity contribution in [2.45, 2.75) is 13.5 Å². The van der Waals surface area contributed by atoms with Gasteiger partial charge in [0, 0.05) is 23.1 Å². The van der Waals surface area contributed by atoms with Crippen molar-refractivity contribution in [2.24, 2.45) is 0 Å². The monoisotopic (exact) mass is 438 g/mol. The quantitative estimate of drug-likeness (QED) is 0.195. The molecule has 0 unspecified atom stereocenters. The highest BCUT2D eigenvalue weighted by atomic mass is 16.6. The van der Waals surface area contributed by atoms with Gasteiger partial charge < -0.3 is 9.15 Å². The summed E-state index contributed by atoms with van der Waals surface area (Å²) in [4.78, 5) is 27.8. The van der Waals surface area contributed by atoms with Gasteiger partial charge in [-0.3, -0.25) is 10.1 Å². The van der Waals surface area contributed by atoms with Gasteiger partial charge in [0.15, 0.2) is 0 Å². The van der Waals surface area contributed by atoms with Crippen molar-refractivity contribution in [3.8, 4) is 17.0 Å². The Kier molecular flexibility index (Phi) is 5.06. The molecule has 7 heteroatoms. The lowest BCUT2D eigenvalue weighted by Crippen LogP contribution is -2.03. The number of hydrogen-bond acceptors (Lipinski definition) is 6. The van der Waals surface area contributed by atoms with Crippen LogP contribution in [0.1, 0.15) is 11.1 Å². The van der Waals surface area contributed by atoms with Crippen LogP contribution in [0.5, 0.6) is 5.75 Å². The molecule has 0 N–H and O–H groups in total. The van der Waals surface area contributed by atoms with E-state index in [9.17, 15) is 14.9 Å². The minimum atomic E-state index is -0.440. The van der Waals surface area contributed by atoms with Gasteiger partial charge in [-0.1, -0.05) is 30.3 Å². The van der Waals surface area contributed by atoms with Gasteiger partial charge in [-0.25, -0.2) is 9.78 Å². The summed E-state index contributed by atoms with van der Waals surface area (Å²) >= 11 is 0. The number of nitro groups is 1. The molecule has 0 aliphatic carbocycles. The summed E-state index contributed by atoms with van der Waals surface area (Å²) in [5.74, 6) is 0.447. The van der Waals surface area contributed by atoms with E-state index in [4.69, 9.17) is 9.15 Å². The lowest BCUT2D eigenvalue weighted by Gasteiger charge is -2.10. The van der Waals surface area contributed by atoms with Gasteiger partial charge in [-0.2, -0.15) is 0 Å². The fourth-order valence-corrected chi connectivity index (χ4v) is 3.89. The van der Waals surface area contributed by atoms with E-state index < -0.39 is 10.5 Å². The van der Waals surface area contributed by atoms with E-state index in [2.05, 4.69) is 4.98 Å². The Hall–Kier alpha value is -4.52.